The number of hydrogen-bond donors (Lipinski definition) is 1. The van der Waals surface area contributed by atoms with Crippen molar-refractivity contribution in [3.05, 3.63) is 45.6 Å². The van der Waals surface area contributed by atoms with Crippen molar-refractivity contribution in [1.29, 1.82) is 0 Å². The average Bonchev–Trinajstić information content (AvgIpc) is 2.97. The smallest absolute Gasteiger partial charge is 0.242 e. The van der Waals surface area contributed by atoms with Gasteiger partial charge < -0.3 is 10.5 Å². The summed E-state index contributed by atoms with van der Waals surface area (Å²) in [7, 11) is 0. The summed E-state index contributed by atoms with van der Waals surface area (Å²) in [6.07, 6.45) is 2.71. The molecule has 0 aliphatic carbocycles. The zero-order valence-electron chi connectivity index (χ0n) is 11.9. The Bertz CT molecular complexity index is 770. The molecule has 0 aliphatic rings. The van der Waals surface area contributed by atoms with Gasteiger partial charge in [-0.15, -0.1) is 11.3 Å². The maximum Gasteiger partial charge on any atom is 0.242 e. The molecule has 2 N–H and O–H groups in total. The quantitative estimate of drug-likeness (QED) is 0.791. The van der Waals surface area contributed by atoms with E-state index in [1.807, 2.05) is 42.0 Å². The third-order valence-electron chi connectivity index (χ3n) is 3.33. The topological polar surface area (TPSA) is 52.5 Å². The van der Waals surface area contributed by atoms with Gasteiger partial charge in [-0.3, -0.25) is 4.40 Å². The van der Waals surface area contributed by atoms with Crippen LogP contribution in [0.25, 0.3) is 4.96 Å². The molecule has 0 spiro atoms. The van der Waals surface area contributed by atoms with Gasteiger partial charge >= 0.3 is 0 Å². The molecule has 0 fully saturated rings. The number of fused-ring (bicyclic) bond motifs is 1. The van der Waals surface area contributed by atoms with Gasteiger partial charge in [-0.05, 0) is 43.7 Å². The van der Waals surface area contributed by atoms with Crippen molar-refractivity contribution in [2.75, 3.05) is 6.54 Å². The fourth-order valence-electron chi connectivity index (χ4n) is 2.41. The minimum absolute atomic E-state index is 0.554. The number of imidazole rings is 1. The molecule has 0 saturated carbocycles. The maximum absolute atomic E-state index is 6.08. The molecule has 4 nitrogen and oxygen atoms in total. The predicted molar refractivity (Wildman–Crippen MR) is 86.8 cm³/mol. The fourth-order valence-corrected chi connectivity index (χ4v) is 3.47. The van der Waals surface area contributed by atoms with Crippen LogP contribution in [0.1, 0.15) is 16.8 Å². The molecule has 0 unspecified atom stereocenters. The first-order valence-corrected chi connectivity index (χ1v) is 7.95. The monoisotopic (exact) mass is 321 g/mol. The van der Waals surface area contributed by atoms with Crippen molar-refractivity contribution in [1.82, 2.24) is 9.38 Å². The summed E-state index contributed by atoms with van der Waals surface area (Å²) < 4.78 is 8.12. The van der Waals surface area contributed by atoms with Crippen LogP contribution < -0.4 is 10.5 Å². The van der Waals surface area contributed by atoms with Crippen LogP contribution in [0.3, 0.4) is 0 Å². The summed E-state index contributed by atoms with van der Waals surface area (Å²) in [6.45, 7) is 4.52. The van der Waals surface area contributed by atoms with Crippen LogP contribution in [-0.2, 0) is 6.42 Å². The Morgan fingerprint density at radius 1 is 1.33 bits per heavy atom. The van der Waals surface area contributed by atoms with Crippen LogP contribution >= 0.6 is 22.9 Å². The summed E-state index contributed by atoms with van der Waals surface area (Å²) in [5.41, 5.74) is 8.70. The van der Waals surface area contributed by atoms with Gasteiger partial charge in [0.1, 0.15) is 5.75 Å². The van der Waals surface area contributed by atoms with Crippen molar-refractivity contribution >= 4 is 27.9 Å². The Labute approximate surface area is 132 Å². The lowest BCUT2D eigenvalue weighted by atomic mass is 10.1. The maximum atomic E-state index is 6.08. The van der Waals surface area contributed by atoms with Crippen molar-refractivity contribution < 1.29 is 4.74 Å². The van der Waals surface area contributed by atoms with Crippen LogP contribution in [0, 0.1) is 13.8 Å². The van der Waals surface area contributed by atoms with E-state index in [4.69, 9.17) is 22.1 Å². The minimum Gasteiger partial charge on any atom is -0.437 e. The van der Waals surface area contributed by atoms with Crippen molar-refractivity contribution in [3.63, 3.8) is 0 Å². The van der Waals surface area contributed by atoms with Crippen LogP contribution in [-0.4, -0.2) is 15.9 Å². The molecule has 0 amide bonds. The second kappa shape index (κ2) is 5.67. The molecule has 2 heterocycles. The molecular weight excluding hydrogens is 306 g/mol. The molecular formula is C15H16ClN3OS. The van der Waals surface area contributed by atoms with E-state index in [0.717, 1.165) is 34.0 Å². The summed E-state index contributed by atoms with van der Waals surface area (Å²) in [4.78, 5) is 5.48. The van der Waals surface area contributed by atoms with Gasteiger partial charge in [0, 0.05) is 23.0 Å². The first-order chi connectivity index (χ1) is 10.1. The number of aryl methyl sites for hydroxylation is 2. The minimum atomic E-state index is 0.554. The van der Waals surface area contributed by atoms with E-state index < -0.39 is 0 Å². The Hall–Kier alpha value is -1.56. The first kappa shape index (κ1) is 14.4. The number of halogens is 1. The standard InChI is InChI=1S/C15H16ClN3OS/c1-9-7-11(16)8-10(2)13(9)20-14-12(3-4-17)19-5-6-21-15(19)18-14/h5-8H,3-4,17H2,1-2H3. The van der Waals surface area contributed by atoms with E-state index in [0.29, 0.717) is 17.4 Å². The van der Waals surface area contributed by atoms with Crippen molar-refractivity contribution in [2.24, 2.45) is 5.73 Å². The Kier molecular flexibility index (Phi) is 3.89. The second-order valence-electron chi connectivity index (χ2n) is 4.93. The number of aromatic nitrogens is 2. The number of benzene rings is 1. The van der Waals surface area contributed by atoms with Crippen LogP contribution in [0.4, 0.5) is 0 Å². The molecule has 6 heteroatoms. The van der Waals surface area contributed by atoms with Gasteiger partial charge in [0.25, 0.3) is 0 Å². The number of ether oxygens (including phenoxy) is 1. The molecule has 2 aromatic heterocycles. The van der Waals surface area contributed by atoms with Gasteiger partial charge in [-0.2, -0.15) is 4.98 Å². The molecule has 3 aromatic rings. The Morgan fingerprint density at radius 2 is 2.05 bits per heavy atom. The van der Waals surface area contributed by atoms with Crippen LogP contribution in [0.5, 0.6) is 11.6 Å². The first-order valence-electron chi connectivity index (χ1n) is 6.69. The van der Waals surface area contributed by atoms with Gasteiger partial charge in [0.15, 0.2) is 4.96 Å². The summed E-state index contributed by atoms with van der Waals surface area (Å²) in [6, 6.07) is 3.79. The highest BCUT2D eigenvalue weighted by Gasteiger charge is 2.16. The van der Waals surface area contributed by atoms with Gasteiger partial charge in [-0.1, -0.05) is 11.6 Å². The molecule has 0 bridgehead atoms. The highest BCUT2D eigenvalue weighted by molar-refractivity contribution is 7.15. The van der Waals surface area contributed by atoms with E-state index in [2.05, 4.69) is 4.98 Å². The Balaban J connectivity index is 2.05. The molecule has 1 aromatic carbocycles. The molecule has 110 valence electrons. The van der Waals surface area contributed by atoms with E-state index >= 15 is 0 Å². The lowest BCUT2D eigenvalue weighted by Gasteiger charge is -2.11. The van der Waals surface area contributed by atoms with Crippen molar-refractivity contribution in [2.45, 2.75) is 20.3 Å². The van der Waals surface area contributed by atoms with E-state index in [-0.39, 0.29) is 0 Å². The Morgan fingerprint density at radius 3 is 2.71 bits per heavy atom. The van der Waals surface area contributed by atoms with E-state index in [9.17, 15) is 0 Å². The summed E-state index contributed by atoms with van der Waals surface area (Å²) in [5, 5.41) is 2.72. The van der Waals surface area contributed by atoms with Crippen molar-refractivity contribution in [3.8, 4) is 11.6 Å². The van der Waals surface area contributed by atoms with Crippen LogP contribution in [0.2, 0.25) is 5.02 Å². The molecule has 0 saturated heterocycles. The molecule has 0 aliphatic heterocycles. The predicted octanol–water partition coefficient (Wildman–Crippen LogP) is 3.96. The number of rotatable bonds is 4. The third kappa shape index (κ3) is 2.64. The normalized spacial score (nSPS) is 11.2. The zero-order chi connectivity index (χ0) is 15.0. The molecule has 21 heavy (non-hydrogen) atoms. The summed E-state index contributed by atoms with van der Waals surface area (Å²) in [5.74, 6) is 1.43. The highest BCUT2D eigenvalue weighted by atomic mass is 35.5. The third-order valence-corrected chi connectivity index (χ3v) is 4.30. The number of nitrogens with zero attached hydrogens (tertiary/aromatic N) is 2. The average molecular weight is 322 g/mol. The van der Waals surface area contributed by atoms with Gasteiger partial charge in [-0.25, -0.2) is 0 Å². The van der Waals surface area contributed by atoms with Gasteiger partial charge in [0.2, 0.25) is 5.88 Å². The van der Waals surface area contributed by atoms with Gasteiger partial charge in [0.05, 0.1) is 5.69 Å². The number of thiazole rings is 1. The largest absolute Gasteiger partial charge is 0.437 e. The lowest BCUT2D eigenvalue weighted by Crippen LogP contribution is -2.06. The van der Waals surface area contributed by atoms with E-state index in [1.165, 1.54) is 0 Å². The lowest BCUT2D eigenvalue weighted by molar-refractivity contribution is 0.452. The fraction of sp³-hybridized carbons (Fsp3) is 0.267. The highest BCUT2D eigenvalue weighted by Crippen LogP contribution is 2.33. The molecule has 0 atom stereocenters. The molecule has 3 rings (SSSR count). The molecule has 0 radical (unpaired) electrons. The van der Waals surface area contributed by atoms with E-state index in [1.54, 1.807) is 11.3 Å². The van der Waals surface area contributed by atoms with Crippen LogP contribution in [0.15, 0.2) is 23.7 Å². The SMILES string of the molecule is Cc1cc(Cl)cc(C)c1Oc1nc2sccn2c1CCN. The zero-order valence-corrected chi connectivity index (χ0v) is 13.5. The number of hydrogen-bond acceptors (Lipinski definition) is 4. The second-order valence-corrected chi connectivity index (χ2v) is 6.24. The summed E-state index contributed by atoms with van der Waals surface area (Å²) >= 11 is 7.64. The number of nitrogens with two attached hydrogens (primary N) is 1.